The highest BCUT2D eigenvalue weighted by molar-refractivity contribution is 5.63. The number of fused-ring (bicyclic) bond motifs is 1. The molecule has 3 aromatic heterocycles. The molecular formula is C20H18N6O. The van der Waals surface area contributed by atoms with Crippen molar-refractivity contribution in [3.8, 4) is 23.4 Å². The Labute approximate surface area is 156 Å². The molecule has 27 heavy (non-hydrogen) atoms. The number of benzene rings is 1. The van der Waals surface area contributed by atoms with Crippen molar-refractivity contribution >= 4 is 11.5 Å². The fourth-order valence-electron chi connectivity index (χ4n) is 2.70. The summed E-state index contributed by atoms with van der Waals surface area (Å²) in [6, 6.07) is 13.9. The largest absolute Gasteiger partial charge is 0.461 e. The van der Waals surface area contributed by atoms with E-state index in [9.17, 15) is 0 Å². The lowest BCUT2D eigenvalue weighted by molar-refractivity contribution is 0.369. The molecule has 0 aliphatic heterocycles. The minimum Gasteiger partial charge on any atom is -0.461 e. The van der Waals surface area contributed by atoms with Gasteiger partial charge in [0.25, 0.3) is 0 Å². The molecule has 2 N–H and O–H groups in total. The summed E-state index contributed by atoms with van der Waals surface area (Å²) in [7, 11) is 2.03. The SMILES string of the molecule is CN(CC#Cc1cn2nc(-c3ccco3)nc2c(N)n1)Cc1ccccc1. The van der Waals surface area contributed by atoms with Crippen LogP contribution in [0.4, 0.5) is 5.82 Å². The topological polar surface area (TPSA) is 85.5 Å². The average molecular weight is 358 g/mol. The Morgan fingerprint density at radius 2 is 2.00 bits per heavy atom. The van der Waals surface area contributed by atoms with E-state index >= 15 is 0 Å². The number of nitrogens with two attached hydrogens (primary N) is 1. The minimum absolute atomic E-state index is 0.282. The van der Waals surface area contributed by atoms with Gasteiger partial charge in [-0.3, -0.25) is 4.90 Å². The number of aromatic nitrogens is 4. The van der Waals surface area contributed by atoms with E-state index in [-0.39, 0.29) is 5.82 Å². The fraction of sp³-hybridized carbons (Fsp3) is 0.150. The van der Waals surface area contributed by atoms with Crippen molar-refractivity contribution < 1.29 is 4.42 Å². The van der Waals surface area contributed by atoms with Crippen molar-refractivity contribution in [1.29, 1.82) is 0 Å². The van der Waals surface area contributed by atoms with E-state index in [1.807, 2.05) is 25.2 Å². The lowest BCUT2D eigenvalue weighted by Crippen LogP contribution is -2.17. The highest BCUT2D eigenvalue weighted by Crippen LogP contribution is 2.18. The van der Waals surface area contributed by atoms with Crippen molar-refractivity contribution in [2.24, 2.45) is 0 Å². The monoisotopic (exact) mass is 358 g/mol. The van der Waals surface area contributed by atoms with Crippen molar-refractivity contribution in [1.82, 2.24) is 24.5 Å². The average Bonchev–Trinajstić information content (AvgIpc) is 3.32. The van der Waals surface area contributed by atoms with Crippen LogP contribution in [-0.2, 0) is 6.54 Å². The number of anilines is 1. The lowest BCUT2D eigenvalue weighted by Gasteiger charge is -2.12. The van der Waals surface area contributed by atoms with Gasteiger partial charge in [0.15, 0.2) is 17.2 Å². The van der Waals surface area contributed by atoms with E-state index in [2.05, 4.69) is 43.9 Å². The molecule has 0 radical (unpaired) electrons. The summed E-state index contributed by atoms with van der Waals surface area (Å²) < 4.78 is 6.91. The number of rotatable bonds is 4. The Bertz CT molecular complexity index is 1110. The van der Waals surface area contributed by atoms with Gasteiger partial charge in [-0.25, -0.2) is 14.5 Å². The standard InChI is InChI=1S/C20H18N6O/c1-25(13-15-7-3-2-4-8-15)11-5-9-16-14-26-20(18(21)22-16)23-19(24-26)17-10-6-12-27-17/h2-4,6-8,10,12,14H,11,13H2,1H3,(H2,21,22). The van der Waals surface area contributed by atoms with Crippen molar-refractivity contribution in [2.45, 2.75) is 6.54 Å². The summed E-state index contributed by atoms with van der Waals surface area (Å²) in [6.45, 7) is 1.45. The molecule has 0 saturated heterocycles. The van der Waals surface area contributed by atoms with Crippen molar-refractivity contribution in [2.75, 3.05) is 19.3 Å². The van der Waals surface area contributed by atoms with Gasteiger partial charge in [-0.15, -0.1) is 5.10 Å². The van der Waals surface area contributed by atoms with Crippen molar-refractivity contribution in [3.63, 3.8) is 0 Å². The van der Waals surface area contributed by atoms with Gasteiger partial charge >= 0.3 is 0 Å². The quantitative estimate of drug-likeness (QED) is 0.564. The Balaban J connectivity index is 1.50. The number of nitrogens with zero attached hydrogens (tertiary/aromatic N) is 5. The first-order chi connectivity index (χ1) is 13.2. The molecule has 0 atom stereocenters. The Kier molecular flexibility index (Phi) is 4.56. The maximum Gasteiger partial charge on any atom is 0.218 e. The van der Waals surface area contributed by atoms with Crippen LogP contribution in [0.15, 0.2) is 59.3 Å². The predicted octanol–water partition coefficient (Wildman–Crippen LogP) is 2.45. The van der Waals surface area contributed by atoms with Crippen LogP contribution in [0.25, 0.3) is 17.2 Å². The summed E-state index contributed by atoms with van der Waals surface area (Å²) in [4.78, 5) is 10.8. The van der Waals surface area contributed by atoms with E-state index in [4.69, 9.17) is 10.2 Å². The van der Waals surface area contributed by atoms with Gasteiger partial charge in [-0.05, 0) is 30.7 Å². The van der Waals surface area contributed by atoms with E-state index < -0.39 is 0 Å². The first kappa shape index (κ1) is 16.8. The zero-order valence-electron chi connectivity index (χ0n) is 14.8. The van der Waals surface area contributed by atoms with E-state index in [1.54, 1.807) is 29.1 Å². The van der Waals surface area contributed by atoms with Crippen LogP contribution < -0.4 is 5.73 Å². The maximum atomic E-state index is 6.01. The molecule has 0 aliphatic carbocycles. The summed E-state index contributed by atoms with van der Waals surface area (Å²) in [6.07, 6.45) is 3.29. The van der Waals surface area contributed by atoms with Crippen molar-refractivity contribution in [3.05, 3.63) is 66.2 Å². The lowest BCUT2D eigenvalue weighted by atomic mass is 10.2. The van der Waals surface area contributed by atoms with Gasteiger partial charge in [0, 0.05) is 6.54 Å². The minimum atomic E-state index is 0.282. The summed E-state index contributed by atoms with van der Waals surface area (Å²) >= 11 is 0. The van der Waals surface area contributed by atoms with Crippen LogP contribution in [0.5, 0.6) is 0 Å². The smallest absolute Gasteiger partial charge is 0.218 e. The van der Waals surface area contributed by atoms with Crippen LogP contribution in [0.1, 0.15) is 11.3 Å². The second kappa shape index (κ2) is 7.32. The molecule has 4 aromatic rings. The molecule has 1 aromatic carbocycles. The summed E-state index contributed by atoms with van der Waals surface area (Å²) in [5, 5.41) is 4.39. The Morgan fingerprint density at radius 1 is 1.15 bits per heavy atom. The predicted molar refractivity (Wildman–Crippen MR) is 103 cm³/mol. The highest BCUT2D eigenvalue weighted by Gasteiger charge is 2.12. The third kappa shape index (κ3) is 3.81. The molecule has 134 valence electrons. The summed E-state index contributed by atoms with van der Waals surface area (Å²) in [5.74, 6) is 7.49. The van der Waals surface area contributed by atoms with E-state index in [0.717, 1.165) is 6.54 Å². The number of hydrogen-bond donors (Lipinski definition) is 1. The Hall–Kier alpha value is -3.63. The Morgan fingerprint density at radius 3 is 2.78 bits per heavy atom. The third-order valence-electron chi connectivity index (χ3n) is 3.95. The zero-order chi connectivity index (χ0) is 18.6. The van der Waals surface area contributed by atoms with Crippen LogP contribution >= 0.6 is 0 Å². The van der Waals surface area contributed by atoms with Crippen LogP contribution in [0.3, 0.4) is 0 Å². The highest BCUT2D eigenvalue weighted by atomic mass is 16.3. The molecular weight excluding hydrogens is 340 g/mol. The zero-order valence-corrected chi connectivity index (χ0v) is 14.8. The van der Waals surface area contributed by atoms with E-state index in [0.29, 0.717) is 29.5 Å². The van der Waals surface area contributed by atoms with Gasteiger partial charge in [0.1, 0.15) is 5.69 Å². The van der Waals surface area contributed by atoms with Gasteiger partial charge in [-0.1, -0.05) is 36.3 Å². The second-order valence-corrected chi connectivity index (χ2v) is 6.15. The molecule has 4 rings (SSSR count). The molecule has 0 aliphatic rings. The molecule has 0 saturated carbocycles. The first-order valence-electron chi connectivity index (χ1n) is 8.47. The molecule has 7 heteroatoms. The van der Waals surface area contributed by atoms with Gasteiger partial charge in [0.2, 0.25) is 5.82 Å². The van der Waals surface area contributed by atoms with Gasteiger partial charge in [0.05, 0.1) is 19.0 Å². The fourth-order valence-corrected chi connectivity index (χ4v) is 2.70. The number of nitrogen functional groups attached to an aromatic ring is 1. The van der Waals surface area contributed by atoms with Crippen LogP contribution in [-0.4, -0.2) is 38.1 Å². The normalized spacial score (nSPS) is 10.9. The molecule has 0 unspecified atom stereocenters. The van der Waals surface area contributed by atoms with Crippen LogP contribution in [0.2, 0.25) is 0 Å². The first-order valence-corrected chi connectivity index (χ1v) is 8.47. The van der Waals surface area contributed by atoms with Gasteiger partial charge < -0.3 is 10.2 Å². The second-order valence-electron chi connectivity index (χ2n) is 6.15. The number of furan rings is 1. The van der Waals surface area contributed by atoms with Gasteiger partial charge in [-0.2, -0.15) is 0 Å². The van der Waals surface area contributed by atoms with E-state index in [1.165, 1.54) is 5.56 Å². The molecule has 7 nitrogen and oxygen atoms in total. The molecule has 3 heterocycles. The molecule has 0 fully saturated rings. The summed E-state index contributed by atoms with van der Waals surface area (Å²) in [5.41, 5.74) is 8.29. The molecule has 0 spiro atoms. The molecule has 0 bridgehead atoms. The maximum absolute atomic E-state index is 6.01. The number of hydrogen-bond acceptors (Lipinski definition) is 6. The molecule has 0 amide bonds. The third-order valence-corrected chi connectivity index (χ3v) is 3.95. The van der Waals surface area contributed by atoms with Crippen LogP contribution in [0, 0.1) is 11.8 Å².